The topological polar surface area (TPSA) is 57.2 Å². The summed E-state index contributed by atoms with van der Waals surface area (Å²) in [5.41, 5.74) is 3.09. The van der Waals surface area contributed by atoms with Gasteiger partial charge in [0, 0.05) is 0 Å². The molecule has 5 heteroatoms. The average Bonchev–Trinajstić information content (AvgIpc) is 2.90. The number of hydrogen-bond acceptors (Lipinski definition) is 5. The van der Waals surface area contributed by atoms with E-state index in [0.717, 1.165) is 16.7 Å². The predicted octanol–water partition coefficient (Wildman–Crippen LogP) is 4.94. The van der Waals surface area contributed by atoms with Crippen molar-refractivity contribution in [2.24, 2.45) is 0 Å². The van der Waals surface area contributed by atoms with Crippen LogP contribution in [-0.4, -0.2) is 43.2 Å². The summed E-state index contributed by atoms with van der Waals surface area (Å²) in [6, 6.07) is 29.7. The van der Waals surface area contributed by atoms with Gasteiger partial charge in [0.25, 0.3) is 0 Å². The lowest BCUT2D eigenvalue weighted by Crippen LogP contribution is -2.46. The van der Waals surface area contributed by atoms with Gasteiger partial charge in [-0.05, 0) is 16.7 Å². The maximum absolute atomic E-state index is 10.3. The van der Waals surface area contributed by atoms with E-state index in [4.69, 9.17) is 18.9 Å². The molecule has 0 bridgehead atoms. The van der Waals surface area contributed by atoms with Gasteiger partial charge < -0.3 is 24.1 Å². The molecule has 0 aliphatic heterocycles. The molecule has 0 spiro atoms. The lowest BCUT2D eigenvalue weighted by molar-refractivity contribution is -0.174. The summed E-state index contributed by atoms with van der Waals surface area (Å²) >= 11 is 0. The highest BCUT2D eigenvalue weighted by Crippen LogP contribution is 2.19. The summed E-state index contributed by atoms with van der Waals surface area (Å²) in [5.74, 6) is 0. The second-order valence-electron chi connectivity index (χ2n) is 7.94. The van der Waals surface area contributed by atoms with Crippen molar-refractivity contribution in [3.8, 4) is 0 Å². The average molecular weight is 463 g/mol. The van der Waals surface area contributed by atoms with E-state index in [1.807, 2.05) is 91.0 Å². The van der Waals surface area contributed by atoms with Crippen LogP contribution >= 0.6 is 0 Å². The molecule has 0 amide bonds. The van der Waals surface area contributed by atoms with Crippen LogP contribution in [0.5, 0.6) is 0 Å². The third-order valence-electron chi connectivity index (χ3n) is 5.33. The fraction of sp³-hybridized carbons (Fsp3) is 0.310. The first-order chi connectivity index (χ1) is 16.8. The van der Waals surface area contributed by atoms with Gasteiger partial charge >= 0.3 is 0 Å². The minimum atomic E-state index is -0.600. The van der Waals surface area contributed by atoms with Crippen LogP contribution < -0.4 is 0 Å². The molecule has 0 fully saturated rings. The first-order valence-corrected chi connectivity index (χ1v) is 11.6. The Morgan fingerprint density at radius 1 is 0.647 bits per heavy atom. The Balaban J connectivity index is 1.76. The molecular weight excluding hydrogens is 428 g/mol. The molecule has 5 nitrogen and oxygen atoms in total. The first kappa shape index (κ1) is 25.8. The Morgan fingerprint density at radius 3 is 1.53 bits per heavy atom. The Kier molecular flexibility index (Phi) is 11.5. The van der Waals surface area contributed by atoms with Crippen molar-refractivity contribution in [1.29, 1.82) is 0 Å². The minimum absolute atomic E-state index is 0.209. The largest absolute Gasteiger partial charge is 0.394 e. The van der Waals surface area contributed by atoms with Gasteiger partial charge in [0.15, 0.2) is 0 Å². The third-order valence-corrected chi connectivity index (χ3v) is 5.33. The summed E-state index contributed by atoms with van der Waals surface area (Å²) < 4.78 is 24.5. The van der Waals surface area contributed by atoms with Gasteiger partial charge in [0.2, 0.25) is 0 Å². The molecule has 0 aliphatic carbocycles. The molecule has 0 saturated heterocycles. The molecular formula is C29H34O5. The zero-order valence-corrected chi connectivity index (χ0v) is 19.5. The normalized spacial score (nSPS) is 13.8. The molecule has 3 rings (SSSR count). The maximum Gasteiger partial charge on any atom is 0.115 e. The van der Waals surface area contributed by atoms with Gasteiger partial charge in [-0.3, -0.25) is 0 Å². The van der Waals surface area contributed by atoms with E-state index in [1.165, 1.54) is 0 Å². The highest BCUT2D eigenvalue weighted by Gasteiger charge is 2.32. The Bertz CT molecular complexity index is 917. The van der Waals surface area contributed by atoms with Crippen LogP contribution in [0.4, 0.5) is 0 Å². The fourth-order valence-electron chi connectivity index (χ4n) is 3.53. The first-order valence-electron chi connectivity index (χ1n) is 11.6. The number of aliphatic hydroxyl groups is 1. The number of benzene rings is 3. The Labute approximate surface area is 202 Å². The van der Waals surface area contributed by atoms with Crippen molar-refractivity contribution in [2.75, 3.05) is 19.8 Å². The quantitative estimate of drug-likeness (QED) is 0.241. The summed E-state index contributed by atoms with van der Waals surface area (Å²) in [4.78, 5) is 0. The molecule has 34 heavy (non-hydrogen) atoms. The predicted molar refractivity (Wildman–Crippen MR) is 133 cm³/mol. The highest BCUT2D eigenvalue weighted by molar-refractivity contribution is 5.15. The molecule has 3 aromatic rings. The van der Waals surface area contributed by atoms with Crippen LogP contribution in [0.15, 0.2) is 104 Å². The Hall–Kier alpha value is -2.80. The van der Waals surface area contributed by atoms with Crippen molar-refractivity contribution in [1.82, 2.24) is 0 Å². The zero-order chi connectivity index (χ0) is 23.8. The summed E-state index contributed by atoms with van der Waals surface area (Å²) in [6.45, 7) is 5.31. The van der Waals surface area contributed by atoms with Crippen LogP contribution in [0, 0.1) is 0 Å². The zero-order valence-electron chi connectivity index (χ0n) is 19.5. The lowest BCUT2D eigenvalue weighted by atomic mass is 10.1. The van der Waals surface area contributed by atoms with Crippen molar-refractivity contribution >= 4 is 0 Å². The molecule has 0 saturated carbocycles. The van der Waals surface area contributed by atoms with E-state index in [9.17, 15) is 5.11 Å². The van der Waals surface area contributed by atoms with Crippen LogP contribution in [-0.2, 0) is 38.8 Å². The molecule has 0 radical (unpaired) electrons. The van der Waals surface area contributed by atoms with Crippen LogP contribution in [0.3, 0.4) is 0 Å². The minimum Gasteiger partial charge on any atom is -0.394 e. The molecule has 0 aliphatic rings. The van der Waals surface area contributed by atoms with Gasteiger partial charge in [-0.15, -0.1) is 6.58 Å². The fourth-order valence-corrected chi connectivity index (χ4v) is 3.53. The third kappa shape index (κ3) is 8.86. The second-order valence-corrected chi connectivity index (χ2v) is 7.94. The number of rotatable bonds is 16. The highest BCUT2D eigenvalue weighted by atomic mass is 16.6. The van der Waals surface area contributed by atoms with Gasteiger partial charge in [-0.1, -0.05) is 97.1 Å². The van der Waals surface area contributed by atoms with E-state index >= 15 is 0 Å². The summed E-state index contributed by atoms with van der Waals surface area (Å²) in [5, 5.41) is 10.3. The number of aliphatic hydroxyl groups excluding tert-OH is 1. The van der Waals surface area contributed by atoms with Gasteiger partial charge in [0.1, 0.15) is 18.3 Å². The monoisotopic (exact) mass is 462 g/mol. The van der Waals surface area contributed by atoms with Crippen LogP contribution in [0.2, 0.25) is 0 Å². The van der Waals surface area contributed by atoms with Crippen molar-refractivity contribution in [3.63, 3.8) is 0 Å². The van der Waals surface area contributed by atoms with Gasteiger partial charge in [0.05, 0.1) is 39.6 Å². The molecule has 3 atom stereocenters. The SMILES string of the molecule is C=CCOC[C@@H](OCc1ccccc1)[C@@H](OCc1ccccc1)[C@H](CO)OCc1ccccc1. The van der Waals surface area contributed by atoms with E-state index in [0.29, 0.717) is 26.4 Å². The van der Waals surface area contributed by atoms with Crippen molar-refractivity contribution in [2.45, 2.75) is 38.1 Å². The van der Waals surface area contributed by atoms with E-state index in [-0.39, 0.29) is 13.2 Å². The second kappa shape index (κ2) is 15.2. The van der Waals surface area contributed by atoms with Crippen LogP contribution in [0.25, 0.3) is 0 Å². The number of hydrogen-bond donors (Lipinski definition) is 1. The van der Waals surface area contributed by atoms with Crippen LogP contribution in [0.1, 0.15) is 16.7 Å². The molecule has 0 unspecified atom stereocenters. The van der Waals surface area contributed by atoms with Crippen molar-refractivity contribution in [3.05, 3.63) is 120 Å². The Morgan fingerprint density at radius 2 is 1.09 bits per heavy atom. The molecule has 3 aromatic carbocycles. The summed E-state index contributed by atoms with van der Waals surface area (Å²) in [7, 11) is 0. The van der Waals surface area contributed by atoms with Crippen molar-refractivity contribution < 1.29 is 24.1 Å². The van der Waals surface area contributed by atoms with E-state index in [1.54, 1.807) is 6.08 Å². The summed E-state index contributed by atoms with van der Waals surface area (Å²) in [6.07, 6.45) is 0.0834. The smallest absolute Gasteiger partial charge is 0.115 e. The van der Waals surface area contributed by atoms with E-state index in [2.05, 4.69) is 6.58 Å². The lowest BCUT2D eigenvalue weighted by Gasteiger charge is -2.33. The molecule has 0 heterocycles. The van der Waals surface area contributed by atoms with Gasteiger partial charge in [-0.25, -0.2) is 0 Å². The maximum atomic E-state index is 10.3. The van der Waals surface area contributed by atoms with E-state index < -0.39 is 18.3 Å². The standard InChI is InChI=1S/C29H34O5/c1-2-18-31-23-28(33-21-25-14-8-4-9-15-25)29(34-22-26-16-10-5-11-17-26)27(19-30)32-20-24-12-6-3-7-13-24/h2-17,27-30H,1,18-23H2/t27-,28+,29-/m0/s1. The molecule has 0 aromatic heterocycles. The van der Waals surface area contributed by atoms with Gasteiger partial charge in [-0.2, -0.15) is 0 Å². The molecule has 1 N–H and O–H groups in total. The number of ether oxygens (including phenoxy) is 4. The molecule has 180 valence electrons.